The molecular formula is C23H30N4O. The van der Waals surface area contributed by atoms with Crippen LogP contribution in [0.2, 0.25) is 0 Å². The van der Waals surface area contributed by atoms with Crippen LogP contribution >= 0.6 is 0 Å². The molecule has 2 aliphatic heterocycles. The molecule has 5 heteroatoms. The number of benzene rings is 2. The van der Waals surface area contributed by atoms with Crippen LogP contribution in [-0.4, -0.2) is 73.1 Å². The van der Waals surface area contributed by atoms with Crippen molar-refractivity contribution in [2.75, 3.05) is 51.6 Å². The van der Waals surface area contributed by atoms with Crippen LogP contribution in [0.1, 0.15) is 12.0 Å². The summed E-state index contributed by atoms with van der Waals surface area (Å²) in [6, 6.07) is 17.0. The number of nitrogens with one attached hydrogen (secondary N) is 1. The van der Waals surface area contributed by atoms with Crippen molar-refractivity contribution in [3.8, 4) is 11.1 Å². The number of amides is 2. The average molecular weight is 379 g/mol. The number of anilines is 1. The third kappa shape index (κ3) is 4.21. The molecule has 2 fully saturated rings. The van der Waals surface area contributed by atoms with Crippen molar-refractivity contribution in [1.29, 1.82) is 0 Å². The second-order valence-corrected chi connectivity index (χ2v) is 8.05. The van der Waals surface area contributed by atoms with Gasteiger partial charge in [0.15, 0.2) is 0 Å². The summed E-state index contributed by atoms with van der Waals surface area (Å²) in [7, 11) is 2.18. The van der Waals surface area contributed by atoms with Gasteiger partial charge >= 0.3 is 6.03 Å². The molecule has 148 valence electrons. The third-order valence-electron chi connectivity index (χ3n) is 6.10. The lowest BCUT2D eigenvalue weighted by molar-refractivity contribution is 0.115. The van der Waals surface area contributed by atoms with Crippen LogP contribution in [0.25, 0.3) is 11.1 Å². The molecule has 1 atom stereocenters. The Kier molecular flexibility index (Phi) is 5.64. The van der Waals surface area contributed by atoms with Crippen molar-refractivity contribution in [2.45, 2.75) is 19.4 Å². The van der Waals surface area contributed by atoms with Crippen LogP contribution in [0.3, 0.4) is 0 Å². The molecule has 2 aromatic rings. The minimum atomic E-state index is 0.0141. The van der Waals surface area contributed by atoms with Gasteiger partial charge in [0.2, 0.25) is 0 Å². The Morgan fingerprint density at radius 2 is 1.68 bits per heavy atom. The van der Waals surface area contributed by atoms with Gasteiger partial charge in [-0.3, -0.25) is 4.90 Å². The summed E-state index contributed by atoms with van der Waals surface area (Å²) in [5.41, 5.74) is 4.51. The molecule has 0 bridgehead atoms. The number of urea groups is 1. The van der Waals surface area contributed by atoms with Crippen molar-refractivity contribution < 1.29 is 4.79 Å². The summed E-state index contributed by atoms with van der Waals surface area (Å²) in [6.45, 7) is 8.25. The lowest BCUT2D eigenvalue weighted by atomic mass is 10.0. The molecule has 0 aromatic heterocycles. The quantitative estimate of drug-likeness (QED) is 0.888. The number of piperazine rings is 1. The maximum atomic E-state index is 12.7. The summed E-state index contributed by atoms with van der Waals surface area (Å²) in [5.74, 6) is 0. The van der Waals surface area contributed by atoms with E-state index < -0.39 is 0 Å². The molecule has 2 aromatic carbocycles. The summed E-state index contributed by atoms with van der Waals surface area (Å²) in [4.78, 5) is 19.6. The standard InChI is InChI=1S/C23H30N4O/c1-18-5-3-4-6-22(18)19-7-9-20(10-8-19)24-23(28)27-12-11-21(17-27)26-15-13-25(2)14-16-26/h3-10,21H,11-17H2,1-2H3,(H,24,28)/t21-/m0/s1. The van der Waals surface area contributed by atoms with Gasteiger partial charge < -0.3 is 15.1 Å². The molecule has 0 unspecified atom stereocenters. The zero-order valence-electron chi connectivity index (χ0n) is 16.9. The zero-order valence-corrected chi connectivity index (χ0v) is 16.9. The second-order valence-electron chi connectivity index (χ2n) is 8.05. The van der Waals surface area contributed by atoms with E-state index in [-0.39, 0.29) is 6.03 Å². The van der Waals surface area contributed by atoms with Crippen LogP contribution in [0, 0.1) is 6.92 Å². The van der Waals surface area contributed by atoms with Gasteiger partial charge in [-0.15, -0.1) is 0 Å². The molecular weight excluding hydrogens is 348 g/mol. The highest BCUT2D eigenvalue weighted by Crippen LogP contribution is 2.25. The summed E-state index contributed by atoms with van der Waals surface area (Å²) < 4.78 is 0. The van der Waals surface area contributed by atoms with E-state index in [1.54, 1.807) is 0 Å². The number of carbonyl (C=O) groups excluding carboxylic acids is 1. The molecule has 2 aliphatic rings. The maximum absolute atomic E-state index is 12.7. The molecule has 0 spiro atoms. The van der Waals surface area contributed by atoms with Crippen molar-refractivity contribution in [1.82, 2.24) is 14.7 Å². The number of hydrogen-bond donors (Lipinski definition) is 1. The van der Waals surface area contributed by atoms with Gasteiger partial charge in [0.25, 0.3) is 0 Å². The summed E-state index contributed by atoms with van der Waals surface area (Å²) in [6.07, 6.45) is 1.07. The fraction of sp³-hybridized carbons (Fsp3) is 0.435. The van der Waals surface area contributed by atoms with E-state index in [2.05, 4.69) is 65.5 Å². The molecule has 4 rings (SSSR count). The first-order valence-electron chi connectivity index (χ1n) is 10.2. The lowest BCUT2D eigenvalue weighted by Gasteiger charge is -2.36. The fourth-order valence-corrected chi connectivity index (χ4v) is 4.24. The SMILES string of the molecule is Cc1ccccc1-c1ccc(NC(=O)N2CC[C@H](N3CCN(C)CC3)C2)cc1. The molecule has 2 amide bonds. The first-order valence-corrected chi connectivity index (χ1v) is 10.2. The third-order valence-corrected chi connectivity index (χ3v) is 6.10. The molecule has 28 heavy (non-hydrogen) atoms. The number of likely N-dealkylation sites (N-methyl/N-ethyl adjacent to an activating group) is 1. The van der Waals surface area contributed by atoms with E-state index in [0.717, 1.165) is 51.4 Å². The Hall–Kier alpha value is -2.37. The minimum Gasteiger partial charge on any atom is -0.323 e. The first kappa shape index (κ1) is 19.0. The van der Waals surface area contributed by atoms with E-state index in [9.17, 15) is 4.79 Å². The molecule has 0 aliphatic carbocycles. The first-order chi connectivity index (χ1) is 13.6. The number of nitrogens with zero attached hydrogens (tertiary/aromatic N) is 3. The fourth-order valence-electron chi connectivity index (χ4n) is 4.24. The monoisotopic (exact) mass is 378 g/mol. The van der Waals surface area contributed by atoms with Crippen LogP contribution in [0.5, 0.6) is 0 Å². The molecule has 1 N–H and O–H groups in total. The normalized spacial score (nSPS) is 21.1. The predicted octanol–water partition coefficient (Wildman–Crippen LogP) is 3.52. The van der Waals surface area contributed by atoms with E-state index in [4.69, 9.17) is 0 Å². The second kappa shape index (κ2) is 8.33. The Morgan fingerprint density at radius 1 is 0.964 bits per heavy atom. The number of carbonyl (C=O) groups is 1. The van der Waals surface area contributed by atoms with Crippen LogP contribution in [-0.2, 0) is 0 Å². The Balaban J connectivity index is 1.33. The van der Waals surface area contributed by atoms with Crippen molar-refractivity contribution in [3.63, 3.8) is 0 Å². The summed E-state index contributed by atoms with van der Waals surface area (Å²) in [5, 5.41) is 3.07. The van der Waals surface area contributed by atoms with E-state index >= 15 is 0 Å². The van der Waals surface area contributed by atoms with E-state index in [1.165, 1.54) is 16.7 Å². The van der Waals surface area contributed by atoms with Gasteiger partial charge in [-0.1, -0.05) is 36.4 Å². The van der Waals surface area contributed by atoms with Crippen LogP contribution < -0.4 is 5.32 Å². The number of likely N-dealkylation sites (tertiary alicyclic amines) is 1. The van der Waals surface area contributed by atoms with Crippen molar-refractivity contribution >= 4 is 11.7 Å². The molecule has 0 saturated carbocycles. The minimum absolute atomic E-state index is 0.0141. The van der Waals surface area contributed by atoms with Gasteiger partial charge in [-0.05, 0) is 49.2 Å². The average Bonchev–Trinajstić information content (AvgIpc) is 3.20. The van der Waals surface area contributed by atoms with Crippen molar-refractivity contribution in [2.24, 2.45) is 0 Å². The number of hydrogen-bond acceptors (Lipinski definition) is 3. The molecule has 2 heterocycles. The van der Waals surface area contributed by atoms with Gasteiger partial charge in [0, 0.05) is 51.0 Å². The van der Waals surface area contributed by atoms with Crippen LogP contribution in [0.4, 0.5) is 10.5 Å². The van der Waals surface area contributed by atoms with Gasteiger partial charge in [0.05, 0.1) is 0 Å². The van der Waals surface area contributed by atoms with E-state index in [0.29, 0.717) is 6.04 Å². The highest BCUT2D eigenvalue weighted by molar-refractivity contribution is 5.90. The molecule has 0 radical (unpaired) electrons. The van der Waals surface area contributed by atoms with E-state index in [1.807, 2.05) is 17.0 Å². The van der Waals surface area contributed by atoms with Gasteiger partial charge in [-0.25, -0.2) is 4.79 Å². The smallest absolute Gasteiger partial charge is 0.321 e. The highest BCUT2D eigenvalue weighted by atomic mass is 16.2. The Bertz CT molecular complexity index is 812. The van der Waals surface area contributed by atoms with Gasteiger partial charge in [0.1, 0.15) is 0 Å². The predicted molar refractivity (Wildman–Crippen MR) is 115 cm³/mol. The highest BCUT2D eigenvalue weighted by Gasteiger charge is 2.31. The number of aryl methyl sites for hydroxylation is 1. The largest absolute Gasteiger partial charge is 0.323 e. The van der Waals surface area contributed by atoms with Crippen molar-refractivity contribution in [3.05, 3.63) is 54.1 Å². The Labute approximate surface area is 167 Å². The topological polar surface area (TPSA) is 38.8 Å². The molecule has 5 nitrogen and oxygen atoms in total. The van der Waals surface area contributed by atoms with Crippen LogP contribution in [0.15, 0.2) is 48.5 Å². The summed E-state index contributed by atoms with van der Waals surface area (Å²) >= 11 is 0. The number of rotatable bonds is 3. The lowest BCUT2D eigenvalue weighted by Crippen LogP contribution is -2.50. The zero-order chi connectivity index (χ0) is 19.5. The Morgan fingerprint density at radius 3 is 2.39 bits per heavy atom. The molecule has 2 saturated heterocycles. The van der Waals surface area contributed by atoms with Gasteiger partial charge in [-0.2, -0.15) is 0 Å². The maximum Gasteiger partial charge on any atom is 0.321 e.